The number of nitriles is 2. The van der Waals surface area contributed by atoms with Crippen LogP contribution in [-0.4, -0.2) is 20.4 Å². The zero-order valence-corrected chi connectivity index (χ0v) is 13.3. The lowest BCUT2D eigenvalue weighted by Crippen LogP contribution is -2.19. The van der Waals surface area contributed by atoms with Gasteiger partial charge in [0.1, 0.15) is 29.1 Å². The number of aromatic amines is 1. The monoisotopic (exact) mass is 339 g/mol. The minimum atomic E-state index is -0.566. The third kappa shape index (κ3) is 2.43. The molecule has 118 valence electrons. The van der Waals surface area contributed by atoms with Crippen molar-refractivity contribution in [3.8, 4) is 23.5 Å². The van der Waals surface area contributed by atoms with Crippen molar-refractivity contribution in [2.45, 2.75) is 11.8 Å². The van der Waals surface area contributed by atoms with Gasteiger partial charge in [-0.2, -0.15) is 15.0 Å². The predicted molar refractivity (Wildman–Crippen MR) is 87.0 cm³/mol. The van der Waals surface area contributed by atoms with Gasteiger partial charge in [-0.05, 0) is 30.0 Å². The van der Waals surface area contributed by atoms with Gasteiger partial charge in [0.25, 0.3) is 5.56 Å². The second kappa shape index (κ2) is 6.19. The average Bonchev–Trinajstić information content (AvgIpc) is 3.02. The van der Waals surface area contributed by atoms with Crippen molar-refractivity contribution in [1.29, 1.82) is 10.5 Å². The lowest BCUT2D eigenvalue weighted by atomic mass is 10.2. The second-order valence-electron chi connectivity index (χ2n) is 4.78. The molecule has 0 saturated carbocycles. The van der Waals surface area contributed by atoms with Crippen molar-refractivity contribution in [3.63, 3.8) is 0 Å². The Morgan fingerprint density at radius 3 is 2.50 bits per heavy atom. The molecule has 0 radical (unpaired) electrons. The highest BCUT2D eigenvalue weighted by Gasteiger charge is 2.21. The number of fused-ring (bicyclic) bond motifs is 1. The number of hydrogen-bond acceptors (Lipinski definition) is 5. The molecule has 1 N–H and O–H groups in total. The molecule has 0 saturated heterocycles. The number of H-pyrrole nitrogens is 1. The van der Waals surface area contributed by atoms with Crippen LogP contribution in [0, 0.1) is 28.5 Å². The number of nitrogens with one attached hydrogen (secondary N) is 1. The number of hydrogen-bond donors (Lipinski definition) is 1. The van der Waals surface area contributed by atoms with Crippen LogP contribution < -0.4 is 5.56 Å². The maximum atomic E-state index is 13.1. The molecule has 24 heavy (non-hydrogen) atoms. The molecule has 0 aliphatic carbocycles. The molecule has 0 unspecified atom stereocenters. The fraction of sp³-hybridized carbons (Fsp3) is 0.125. The molecule has 0 spiro atoms. The van der Waals surface area contributed by atoms with E-state index in [0.29, 0.717) is 22.0 Å². The summed E-state index contributed by atoms with van der Waals surface area (Å²) in [4.78, 5) is 17.1. The van der Waals surface area contributed by atoms with Crippen molar-refractivity contribution in [1.82, 2.24) is 14.6 Å². The van der Waals surface area contributed by atoms with Crippen molar-refractivity contribution in [2.24, 2.45) is 0 Å². The normalized spacial score (nSPS) is 10.5. The first-order chi connectivity index (χ1) is 11.6. The number of benzene rings is 1. The Kier molecular flexibility index (Phi) is 4.07. The summed E-state index contributed by atoms with van der Waals surface area (Å²) in [6.07, 6.45) is 0. The molecule has 3 aromatic rings. The molecule has 2 aromatic heterocycles. The minimum absolute atomic E-state index is 0.0924. The number of rotatable bonds is 3. The van der Waals surface area contributed by atoms with Crippen molar-refractivity contribution < 1.29 is 4.39 Å². The Morgan fingerprint density at radius 2 is 1.92 bits per heavy atom. The lowest BCUT2D eigenvalue weighted by molar-refractivity contribution is 0.628. The van der Waals surface area contributed by atoms with Gasteiger partial charge in [0, 0.05) is 5.56 Å². The van der Waals surface area contributed by atoms with Crippen LogP contribution >= 0.6 is 11.8 Å². The van der Waals surface area contributed by atoms with E-state index in [2.05, 4.69) is 10.1 Å². The van der Waals surface area contributed by atoms with E-state index in [4.69, 9.17) is 0 Å². The summed E-state index contributed by atoms with van der Waals surface area (Å²) in [6.45, 7) is 1.86. The highest BCUT2D eigenvalue weighted by molar-refractivity contribution is 7.99. The molecule has 8 heteroatoms. The molecule has 0 fully saturated rings. The first-order valence-electron chi connectivity index (χ1n) is 6.98. The van der Waals surface area contributed by atoms with Gasteiger partial charge >= 0.3 is 0 Å². The second-order valence-corrected chi connectivity index (χ2v) is 6.05. The van der Waals surface area contributed by atoms with E-state index >= 15 is 0 Å². The van der Waals surface area contributed by atoms with Gasteiger partial charge in [-0.3, -0.25) is 9.89 Å². The van der Waals surface area contributed by atoms with E-state index in [-0.39, 0.29) is 16.8 Å². The van der Waals surface area contributed by atoms with Crippen LogP contribution in [0.25, 0.3) is 17.0 Å². The maximum absolute atomic E-state index is 13.1. The molecular weight excluding hydrogens is 329 g/mol. The third-order valence-electron chi connectivity index (χ3n) is 3.37. The molecule has 3 rings (SSSR count). The first kappa shape index (κ1) is 15.8. The molecule has 0 amide bonds. The number of halogens is 1. The summed E-state index contributed by atoms with van der Waals surface area (Å²) in [5, 5.41) is 21.6. The van der Waals surface area contributed by atoms with E-state index in [9.17, 15) is 19.7 Å². The van der Waals surface area contributed by atoms with Crippen molar-refractivity contribution in [3.05, 3.63) is 51.6 Å². The Morgan fingerprint density at radius 1 is 1.25 bits per heavy atom. The van der Waals surface area contributed by atoms with E-state index in [1.807, 2.05) is 19.1 Å². The van der Waals surface area contributed by atoms with Gasteiger partial charge < -0.3 is 0 Å². The van der Waals surface area contributed by atoms with E-state index in [1.165, 1.54) is 36.0 Å². The van der Waals surface area contributed by atoms with Gasteiger partial charge in [-0.15, -0.1) is 11.8 Å². The van der Waals surface area contributed by atoms with Crippen LogP contribution in [0.2, 0.25) is 0 Å². The standard InChI is InChI=1S/C16H10FN5OS/c1-2-24-13-11(7-18)15-20-14(9-3-5-10(17)6-4-9)21-22(15)16(23)12(13)8-19/h3-6H,2H2,1H3,(H,20,21). The van der Waals surface area contributed by atoms with Crippen molar-refractivity contribution in [2.75, 3.05) is 5.75 Å². The smallest absolute Gasteiger partial charge is 0.272 e. The molecule has 0 bridgehead atoms. The topological polar surface area (TPSA) is 97.7 Å². The van der Waals surface area contributed by atoms with E-state index in [1.54, 1.807) is 0 Å². The fourth-order valence-corrected chi connectivity index (χ4v) is 3.16. The quantitative estimate of drug-likeness (QED) is 0.740. The Balaban J connectivity index is 2.35. The van der Waals surface area contributed by atoms with E-state index < -0.39 is 11.4 Å². The van der Waals surface area contributed by atoms with Gasteiger partial charge in [-0.1, -0.05) is 6.92 Å². The largest absolute Gasteiger partial charge is 0.290 e. The predicted octanol–water partition coefficient (Wildman–Crippen LogP) is 2.68. The summed E-state index contributed by atoms with van der Waals surface area (Å²) >= 11 is 1.25. The number of pyridine rings is 1. The van der Waals surface area contributed by atoms with Crippen LogP contribution in [0.3, 0.4) is 0 Å². The number of nitrogens with zero attached hydrogens (tertiary/aromatic N) is 4. The number of aromatic nitrogens is 3. The Hall–Kier alpha value is -3.10. The van der Waals surface area contributed by atoms with Crippen LogP contribution in [0.15, 0.2) is 34.0 Å². The molecule has 0 aliphatic heterocycles. The molecule has 0 atom stereocenters. The molecular formula is C16H10FN5OS. The zero-order valence-electron chi connectivity index (χ0n) is 12.5. The van der Waals surface area contributed by atoms with Crippen LogP contribution in [0.5, 0.6) is 0 Å². The highest BCUT2D eigenvalue weighted by atomic mass is 32.2. The fourth-order valence-electron chi connectivity index (χ4n) is 2.31. The highest BCUT2D eigenvalue weighted by Crippen LogP contribution is 2.27. The molecule has 6 nitrogen and oxygen atoms in total. The van der Waals surface area contributed by atoms with E-state index in [0.717, 1.165) is 4.52 Å². The van der Waals surface area contributed by atoms with Gasteiger partial charge in [0.15, 0.2) is 11.5 Å². The lowest BCUT2D eigenvalue weighted by Gasteiger charge is -2.04. The first-order valence-corrected chi connectivity index (χ1v) is 7.97. The van der Waals surface area contributed by atoms with Crippen molar-refractivity contribution >= 4 is 17.4 Å². The summed E-state index contributed by atoms with van der Waals surface area (Å²) < 4.78 is 14.1. The Labute approximate surface area is 140 Å². The van der Waals surface area contributed by atoms with Crippen LogP contribution in [-0.2, 0) is 0 Å². The van der Waals surface area contributed by atoms with Crippen LogP contribution in [0.4, 0.5) is 4.39 Å². The minimum Gasteiger partial charge on any atom is -0.272 e. The summed E-state index contributed by atoms with van der Waals surface area (Å²) in [7, 11) is 0. The summed E-state index contributed by atoms with van der Waals surface area (Å²) in [5.74, 6) is 0.526. The third-order valence-corrected chi connectivity index (χ3v) is 4.36. The average molecular weight is 339 g/mol. The number of thioether (sulfide) groups is 1. The molecule has 1 aromatic carbocycles. The summed E-state index contributed by atoms with van der Waals surface area (Å²) in [5.41, 5.74) is 0.222. The maximum Gasteiger partial charge on any atom is 0.290 e. The van der Waals surface area contributed by atoms with Gasteiger partial charge in [-0.25, -0.2) is 9.37 Å². The van der Waals surface area contributed by atoms with Gasteiger partial charge in [0.2, 0.25) is 0 Å². The Bertz CT molecular complexity index is 1070. The van der Waals surface area contributed by atoms with Gasteiger partial charge in [0.05, 0.1) is 4.90 Å². The molecule has 0 aliphatic rings. The SMILES string of the molecule is CCSc1c(C#N)c(=O)n2[nH]c(-c3ccc(F)cc3)nc2c1C#N. The zero-order chi connectivity index (χ0) is 17.3. The molecule has 2 heterocycles. The summed E-state index contributed by atoms with van der Waals surface area (Å²) in [6, 6.07) is 9.46. The van der Waals surface area contributed by atoms with Crippen LogP contribution in [0.1, 0.15) is 18.1 Å².